The van der Waals surface area contributed by atoms with E-state index >= 15 is 0 Å². The standard InChI is InChI=1S/C19H21NO3/c1-15(8-9-16-10-12-18(22-2)13-11-16)20-19(21)23-14-17-6-4-3-5-7-17/h3-13,15H,14H2,1-2H3,(H,20,21)/b9-8+/t15-/m0/s1. The lowest BCUT2D eigenvalue weighted by Gasteiger charge is -2.10. The average molecular weight is 311 g/mol. The fourth-order valence-electron chi connectivity index (χ4n) is 1.97. The topological polar surface area (TPSA) is 47.6 Å². The predicted molar refractivity (Wildman–Crippen MR) is 91.3 cm³/mol. The molecule has 1 N–H and O–H groups in total. The van der Waals surface area contributed by atoms with E-state index in [0.29, 0.717) is 0 Å². The van der Waals surface area contributed by atoms with Crippen LogP contribution in [0, 0.1) is 0 Å². The second kappa shape index (κ2) is 8.63. The van der Waals surface area contributed by atoms with Crippen LogP contribution in [0.5, 0.6) is 5.75 Å². The average Bonchev–Trinajstić information content (AvgIpc) is 2.59. The first kappa shape index (κ1) is 16.6. The minimum atomic E-state index is -0.430. The van der Waals surface area contributed by atoms with Gasteiger partial charge in [0.1, 0.15) is 12.4 Å². The van der Waals surface area contributed by atoms with Crippen LogP contribution in [0.2, 0.25) is 0 Å². The highest BCUT2D eigenvalue weighted by Crippen LogP contribution is 2.12. The number of nitrogens with one attached hydrogen (secondary N) is 1. The van der Waals surface area contributed by atoms with E-state index in [9.17, 15) is 4.79 Å². The molecule has 2 rings (SSSR count). The van der Waals surface area contributed by atoms with Gasteiger partial charge in [-0.1, -0.05) is 54.6 Å². The molecule has 1 amide bonds. The number of alkyl carbamates (subject to hydrolysis) is 1. The third kappa shape index (κ3) is 5.87. The van der Waals surface area contributed by atoms with Crippen molar-refractivity contribution in [1.29, 1.82) is 0 Å². The summed E-state index contributed by atoms with van der Waals surface area (Å²) >= 11 is 0. The summed E-state index contributed by atoms with van der Waals surface area (Å²) in [5.41, 5.74) is 2.00. The summed E-state index contributed by atoms with van der Waals surface area (Å²) in [6, 6.07) is 17.2. The van der Waals surface area contributed by atoms with E-state index in [0.717, 1.165) is 16.9 Å². The zero-order valence-electron chi connectivity index (χ0n) is 13.4. The lowest BCUT2D eigenvalue weighted by atomic mass is 10.2. The quantitative estimate of drug-likeness (QED) is 0.876. The van der Waals surface area contributed by atoms with Crippen LogP contribution in [-0.4, -0.2) is 19.2 Å². The van der Waals surface area contributed by atoms with Gasteiger partial charge in [0.2, 0.25) is 0 Å². The Kier molecular flexibility index (Phi) is 6.24. The fraction of sp³-hybridized carbons (Fsp3) is 0.211. The normalized spacial score (nSPS) is 11.9. The van der Waals surface area contributed by atoms with E-state index < -0.39 is 6.09 Å². The van der Waals surface area contributed by atoms with Gasteiger partial charge in [0.05, 0.1) is 7.11 Å². The molecule has 4 heteroatoms. The van der Waals surface area contributed by atoms with Crippen LogP contribution in [-0.2, 0) is 11.3 Å². The number of rotatable bonds is 6. The van der Waals surface area contributed by atoms with Gasteiger partial charge >= 0.3 is 6.09 Å². The Labute approximate surface area is 136 Å². The Morgan fingerprint density at radius 2 is 1.83 bits per heavy atom. The summed E-state index contributed by atoms with van der Waals surface area (Å²) in [5, 5.41) is 2.77. The van der Waals surface area contributed by atoms with Crippen molar-refractivity contribution in [2.45, 2.75) is 19.6 Å². The van der Waals surface area contributed by atoms with Gasteiger partial charge < -0.3 is 14.8 Å². The van der Waals surface area contributed by atoms with Gasteiger partial charge in [-0.05, 0) is 30.2 Å². The molecule has 2 aromatic rings. The van der Waals surface area contributed by atoms with Crippen molar-refractivity contribution >= 4 is 12.2 Å². The van der Waals surface area contributed by atoms with Gasteiger partial charge in [0, 0.05) is 6.04 Å². The van der Waals surface area contributed by atoms with Gasteiger partial charge in [0.15, 0.2) is 0 Å². The molecule has 2 aromatic carbocycles. The van der Waals surface area contributed by atoms with Crippen LogP contribution in [0.15, 0.2) is 60.7 Å². The summed E-state index contributed by atoms with van der Waals surface area (Å²) in [4.78, 5) is 11.7. The number of hydrogen-bond donors (Lipinski definition) is 1. The van der Waals surface area contributed by atoms with E-state index in [2.05, 4.69) is 5.32 Å². The molecule has 4 nitrogen and oxygen atoms in total. The maximum absolute atomic E-state index is 11.7. The van der Waals surface area contributed by atoms with Crippen LogP contribution in [0.25, 0.3) is 6.08 Å². The van der Waals surface area contributed by atoms with Gasteiger partial charge in [0.25, 0.3) is 0 Å². The first-order valence-electron chi connectivity index (χ1n) is 7.47. The Morgan fingerprint density at radius 3 is 2.48 bits per heavy atom. The predicted octanol–water partition coefficient (Wildman–Crippen LogP) is 4.02. The summed E-state index contributed by atoms with van der Waals surface area (Å²) < 4.78 is 10.3. The van der Waals surface area contributed by atoms with E-state index in [-0.39, 0.29) is 12.6 Å². The number of ether oxygens (including phenoxy) is 2. The van der Waals surface area contributed by atoms with Crippen LogP contribution >= 0.6 is 0 Å². The lowest BCUT2D eigenvalue weighted by molar-refractivity contribution is 0.138. The molecule has 120 valence electrons. The molecule has 0 bridgehead atoms. The molecule has 0 unspecified atom stereocenters. The van der Waals surface area contributed by atoms with Crippen LogP contribution in [0.1, 0.15) is 18.1 Å². The highest BCUT2D eigenvalue weighted by Gasteiger charge is 2.05. The van der Waals surface area contributed by atoms with Crippen LogP contribution in [0.4, 0.5) is 4.79 Å². The summed E-state index contributed by atoms with van der Waals surface area (Å²) in [6.45, 7) is 2.16. The number of benzene rings is 2. The molecule has 0 saturated carbocycles. The van der Waals surface area contributed by atoms with E-state index in [1.807, 2.05) is 73.7 Å². The number of hydrogen-bond acceptors (Lipinski definition) is 3. The molecule has 23 heavy (non-hydrogen) atoms. The van der Waals surface area contributed by atoms with Crippen LogP contribution < -0.4 is 10.1 Å². The van der Waals surface area contributed by atoms with Gasteiger partial charge in [-0.3, -0.25) is 0 Å². The zero-order chi connectivity index (χ0) is 16.5. The largest absolute Gasteiger partial charge is 0.497 e. The third-order valence-electron chi connectivity index (χ3n) is 3.25. The molecule has 0 heterocycles. The van der Waals surface area contributed by atoms with Crippen molar-refractivity contribution in [2.75, 3.05) is 7.11 Å². The third-order valence-corrected chi connectivity index (χ3v) is 3.25. The Hall–Kier alpha value is -2.75. The number of amides is 1. The van der Waals surface area contributed by atoms with Crippen molar-refractivity contribution in [1.82, 2.24) is 5.32 Å². The Balaban J connectivity index is 1.77. The maximum Gasteiger partial charge on any atom is 0.407 e. The minimum Gasteiger partial charge on any atom is -0.497 e. The molecule has 0 saturated heterocycles. The van der Waals surface area contributed by atoms with Crippen molar-refractivity contribution in [2.24, 2.45) is 0 Å². The number of carbonyl (C=O) groups excluding carboxylic acids is 1. The summed E-state index contributed by atoms with van der Waals surface area (Å²) in [6.07, 6.45) is 3.42. The number of methoxy groups -OCH3 is 1. The molecule has 0 radical (unpaired) electrons. The lowest BCUT2D eigenvalue weighted by Crippen LogP contribution is -2.31. The van der Waals surface area contributed by atoms with E-state index in [4.69, 9.17) is 9.47 Å². The van der Waals surface area contributed by atoms with Crippen molar-refractivity contribution in [3.05, 3.63) is 71.8 Å². The SMILES string of the molecule is COc1ccc(/C=C/[C@H](C)NC(=O)OCc2ccccc2)cc1. The molecule has 0 fully saturated rings. The molecule has 0 aliphatic carbocycles. The minimum absolute atomic E-state index is 0.125. The van der Waals surface area contributed by atoms with Crippen LogP contribution in [0.3, 0.4) is 0 Å². The van der Waals surface area contributed by atoms with E-state index in [1.165, 1.54) is 0 Å². The van der Waals surface area contributed by atoms with Gasteiger partial charge in [-0.2, -0.15) is 0 Å². The monoisotopic (exact) mass is 311 g/mol. The highest BCUT2D eigenvalue weighted by molar-refractivity contribution is 5.68. The molecular formula is C19H21NO3. The second-order valence-electron chi connectivity index (χ2n) is 5.13. The smallest absolute Gasteiger partial charge is 0.407 e. The molecule has 0 aliphatic heterocycles. The highest BCUT2D eigenvalue weighted by atomic mass is 16.5. The summed E-state index contributed by atoms with van der Waals surface area (Å²) in [5.74, 6) is 0.817. The van der Waals surface area contributed by atoms with Crippen molar-refractivity contribution in [3.63, 3.8) is 0 Å². The van der Waals surface area contributed by atoms with Gasteiger partial charge in [-0.25, -0.2) is 4.79 Å². The Bertz CT molecular complexity index is 635. The molecule has 0 spiro atoms. The molecule has 1 atom stereocenters. The molecule has 0 aliphatic rings. The number of carbonyl (C=O) groups is 1. The molecular weight excluding hydrogens is 290 g/mol. The van der Waals surface area contributed by atoms with Gasteiger partial charge in [-0.15, -0.1) is 0 Å². The first-order chi connectivity index (χ1) is 11.2. The second-order valence-corrected chi connectivity index (χ2v) is 5.13. The maximum atomic E-state index is 11.7. The first-order valence-corrected chi connectivity index (χ1v) is 7.47. The van der Waals surface area contributed by atoms with Crippen molar-refractivity contribution in [3.8, 4) is 5.75 Å². The molecule has 0 aromatic heterocycles. The zero-order valence-corrected chi connectivity index (χ0v) is 13.4. The fourth-order valence-corrected chi connectivity index (χ4v) is 1.97. The Morgan fingerprint density at radius 1 is 1.13 bits per heavy atom. The van der Waals surface area contributed by atoms with Crippen molar-refractivity contribution < 1.29 is 14.3 Å². The van der Waals surface area contributed by atoms with E-state index in [1.54, 1.807) is 7.11 Å². The summed E-state index contributed by atoms with van der Waals surface area (Å²) in [7, 11) is 1.64.